The SMILES string of the molecule is Cc1cccc(-n2nc(C(=O)Nc3ccc(NC4CCS(=O)(=O)C4)cc3)cc2-c2ccc3ncnn3c2)n1. The monoisotopic (exact) mass is 528 g/mol. The van der Waals surface area contributed by atoms with E-state index in [1.165, 1.54) is 6.33 Å². The fourth-order valence-electron chi connectivity index (χ4n) is 4.48. The number of nitrogens with one attached hydrogen (secondary N) is 2. The number of carbonyl (C=O) groups is 1. The second kappa shape index (κ2) is 9.38. The molecule has 1 aliphatic rings. The van der Waals surface area contributed by atoms with Gasteiger partial charge in [0.05, 0.1) is 17.2 Å². The van der Waals surface area contributed by atoms with Crippen LogP contribution in [0.5, 0.6) is 0 Å². The molecule has 0 radical (unpaired) electrons. The summed E-state index contributed by atoms with van der Waals surface area (Å²) in [6, 6.07) is 18.1. The lowest BCUT2D eigenvalue weighted by Crippen LogP contribution is -2.20. The molecular weight excluding hydrogens is 504 g/mol. The number of pyridine rings is 2. The molecule has 1 saturated heterocycles. The third-order valence-corrected chi connectivity index (χ3v) is 8.12. The van der Waals surface area contributed by atoms with E-state index in [4.69, 9.17) is 0 Å². The number of fused-ring (bicyclic) bond motifs is 1. The number of anilines is 2. The van der Waals surface area contributed by atoms with Gasteiger partial charge in [-0.15, -0.1) is 0 Å². The van der Waals surface area contributed by atoms with Crippen LogP contribution in [-0.2, 0) is 9.84 Å². The van der Waals surface area contributed by atoms with Crippen molar-refractivity contribution in [3.05, 3.63) is 84.6 Å². The third kappa shape index (κ3) is 4.85. The van der Waals surface area contributed by atoms with Crippen molar-refractivity contribution in [2.45, 2.75) is 19.4 Å². The van der Waals surface area contributed by atoms with Gasteiger partial charge in [0.15, 0.2) is 27.0 Å². The maximum Gasteiger partial charge on any atom is 0.276 e. The fraction of sp³-hybridized carbons (Fsp3) is 0.192. The lowest BCUT2D eigenvalue weighted by molar-refractivity contribution is 0.102. The van der Waals surface area contributed by atoms with Crippen LogP contribution in [0.15, 0.2) is 73.2 Å². The van der Waals surface area contributed by atoms with Crippen LogP contribution in [0.2, 0.25) is 0 Å². The van der Waals surface area contributed by atoms with Crippen LogP contribution in [0.4, 0.5) is 11.4 Å². The zero-order valence-electron chi connectivity index (χ0n) is 20.4. The van der Waals surface area contributed by atoms with Crippen LogP contribution in [0.1, 0.15) is 22.6 Å². The van der Waals surface area contributed by atoms with Gasteiger partial charge in [-0.1, -0.05) is 6.07 Å². The summed E-state index contributed by atoms with van der Waals surface area (Å²) in [5, 5.41) is 14.9. The number of amides is 1. The molecule has 1 atom stereocenters. The number of aryl methyl sites for hydroxylation is 1. The van der Waals surface area contributed by atoms with Crippen molar-refractivity contribution in [3.8, 4) is 17.1 Å². The Morgan fingerprint density at radius 3 is 2.63 bits per heavy atom. The summed E-state index contributed by atoms with van der Waals surface area (Å²) in [7, 11) is -2.96. The lowest BCUT2D eigenvalue weighted by Gasteiger charge is -2.13. The Morgan fingerprint density at radius 1 is 1.05 bits per heavy atom. The molecule has 4 aromatic heterocycles. The molecular formula is C26H24N8O3S. The minimum Gasteiger partial charge on any atom is -0.381 e. The largest absolute Gasteiger partial charge is 0.381 e. The van der Waals surface area contributed by atoms with Crippen LogP contribution in [-0.4, -0.2) is 61.2 Å². The van der Waals surface area contributed by atoms with E-state index >= 15 is 0 Å². The molecule has 1 amide bonds. The highest BCUT2D eigenvalue weighted by Crippen LogP contribution is 2.25. The first-order chi connectivity index (χ1) is 18.3. The molecule has 1 fully saturated rings. The van der Waals surface area contributed by atoms with E-state index in [-0.39, 0.29) is 29.1 Å². The Labute approximate surface area is 218 Å². The highest BCUT2D eigenvalue weighted by atomic mass is 32.2. The summed E-state index contributed by atoms with van der Waals surface area (Å²) < 4.78 is 26.7. The molecule has 12 heteroatoms. The van der Waals surface area contributed by atoms with Gasteiger partial charge in [-0.05, 0) is 67.9 Å². The van der Waals surface area contributed by atoms with Crippen molar-refractivity contribution in [2.24, 2.45) is 0 Å². The summed E-state index contributed by atoms with van der Waals surface area (Å²) in [4.78, 5) is 22.0. The normalized spacial score (nSPS) is 16.5. The minimum atomic E-state index is -2.96. The molecule has 0 spiro atoms. The first kappa shape index (κ1) is 23.8. The number of benzene rings is 1. The average Bonchev–Trinajstić information content (AvgIpc) is 3.63. The standard InChI is InChI=1S/C26H24N8O3S/c1-17-3-2-4-25(29-17)34-23(18-5-10-24-27-16-28-33(24)14-18)13-22(32-34)26(35)31-20-8-6-19(7-9-20)30-21-11-12-38(36,37)15-21/h2-10,13-14,16,21,30H,11-12,15H2,1H3,(H,31,35). The molecule has 6 rings (SSSR count). The van der Waals surface area contributed by atoms with Crippen molar-refractivity contribution in [1.29, 1.82) is 0 Å². The first-order valence-electron chi connectivity index (χ1n) is 12.1. The molecule has 0 bridgehead atoms. The van der Waals surface area contributed by atoms with Gasteiger partial charge in [-0.25, -0.2) is 27.6 Å². The van der Waals surface area contributed by atoms with E-state index in [0.29, 0.717) is 29.3 Å². The predicted octanol–water partition coefficient (Wildman–Crippen LogP) is 3.14. The molecule has 2 N–H and O–H groups in total. The maximum atomic E-state index is 13.2. The highest BCUT2D eigenvalue weighted by molar-refractivity contribution is 7.91. The Balaban J connectivity index is 1.26. The molecule has 1 aliphatic heterocycles. The van der Waals surface area contributed by atoms with Gasteiger partial charge in [0.2, 0.25) is 0 Å². The molecule has 0 aliphatic carbocycles. The number of rotatable bonds is 6. The van der Waals surface area contributed by atoms with Crippen LogP contribution in [0.3, 0.4) is 0 Å². The number of nitrogens with zero attached hydrogens (tertiary/aromatic N) is 6. The summed E-state index contributed by atoms with van der Waals surface area (Å²) in [5.74, 6) is 0.554. The third-order valence-electron chi connectivity index (χ3n) is 6.35. The van der Waals surface area contributed by atoms with Gasteiger partial charge in [-0.3, -0.25) is 4.79 Å². The number of sulfone groups is 1. The van der Waals surface area contributed by atoms with Crippen LogP contribution in [0.25, 0.3) is 22.7 Å². The smallest absolute Gasteiger partial charge is 0.276 e. The van der Waals surface area contributed by atoms with Gasteiger partial charge in [0.1, 0.15) is 6.33 Å². The molecule has 1 unspecified atom stereocenters. The number of aromatic nitrogens is 6. The van der Waals surface area contributed by atoms with Gasteiger partial charge >= 0.3 is 0 Å². The first-order valence-corrected chi connectivity index (χ1v) is 13.9. The molecule has 11 nitrogen and oxygen atoms in total. The molecule has 1 aromatic carbocycles. The number of carbonyl (C=O) groups excluding carboxylic acids is 1. The van der Waals surface area contributed by atoms with Crippen LogP contribution < -0.4 is 10.6 Å². The molecule has 5 heterocycles. The molecule has 0 saturated carbocycles. The molecule has 192 valence electrons. The Hall–Kier alpha value is -4.58. The van der Waals surface area contributed by atoms with Gasteiger partial charge in [0.25, 0.3) is 5.91 Å². The minimum absolute atomic E-state index is 0.102. The number of hydrogen-bond acceptors (Lipinski definition) is 8. The van der Waals surface area contributed by atoms with E-state index in [1.54, 1.807) is 27.4 Å². The topological polar surface area (TPSA) is 136 Å². The van der Waals surface area contributed by atoms with E-state index < -0.39 is 9.84 Å². The van der Waals surface area contributed by atoms with E-state index in [1.807, 2.05) is 55.6 Å². The fourth-order valence-corrected chi connectivity index (χ4v) is 6.15. The maximum absolute atomic E-state index is 13.2. The van der Waals surface area contributed by atoms with Gasteiger partial charge < -0.3 is 10.6 Å². The Morgan fingerprint density at radius 2 is 1.87 bits per heavy atom. The van der Waals surface area contributed by atoms with E-state index in [0.717, 1.165) is 16.9 Å². The lowest BCUT2D eigenvalue weighted by atomic mass is 10.2. The zero-order chi connectivity index (χ0) is 26.3. The van der Waals surface area contributed by atoms with Gasteiger partial charge in [-0.2, -0.15) is 10.2 Å². The van der Waals surface area contributed by atoms with Gasteiger partial charge in [0, 0.05) is 34.9 Å². The number of hydrogen-bond donors (Lipinski definition) is 2. The highest BCUT2D eigenvalue weighted by Gasteiger charge is 2.27. The van der Waals surface area contributed by atoms with Crippen molar-refractivity contribution in [2.75, 3.05) is 22.1 Å². The summed E-state index contributed by atoms with van der Waals surface area (Å²) in [5.41, 5.74) is 4.61. The van der Waals surface area contributed by atoms with Crippen LogP contribution >= 0.6 is 0 Å². The van der Waals surface area contributed by atoms with E-state index in [9.17, 15) is 13.2 Å². The summed E-state index contributed by atoms with van der Waals surface area (Å²) in [6.45, 7) is 1.89. The predicted molar refractivity (Wildman–Crippen MR) is 143 cm³/mol. The molecule has 38 heavy (non-hydrogen) atoms. The second-order valence-electron chi connectivity index (χ2n) is 9.22. The van der Waals surface area contributed by atoms with E-state index in [2.05, 4.69) is 30.8 Å². The quantitative estimate of drug-likeness (QED) is 0.343. The van der Waals surface area contributed by atoms with Crippen molar-refractivity contribution in [3.63, 3.8) is 0 Å². The summed E-state index contributed by atoms with van der Waals surface area (Å²) >= 11 is 0. The second-order valence-corrected chi connectivity index (χ2v) is 11.4. The Bertz CT molecular complexity index is 1760. The Kier molecular flexibility index (Phi) is 5.87. The van der Waals surface area contributed by atoms with Crippen molar-refractivity contribution in [1.82, 2.24) is 29.4 Å². The average molecular weight is 529 g/mol. The zero-order valence-corrected chi connectivity index (χ0v) is 21.3. The molecule has 5 aromatic rings. The van der Waals surface area contributed by atoms with Crippen molar-refractivity contribution < 1.29 is 13.2 Å². The van der Waals surface area contributed by atoms with Crippen molar-refractivity contribution >= 4 is 32.8 Å². The summed E-state index contributed by atoms with van der Waals surface area (Å²) in [6.07, 6.45) is 3.90. The van der Waals surface area contributed by atoms with Crippen LogP contribution in [0, 0.1) is 6.92 Å².